The van der Waals surface area contributed by atoms with Crippen molar-refractivity contribution in [3.05, 3.63) is 41.5 Å². The van der Waals surface area contributed by atoms with Crippen LogP contribution in [-0.4, -0.2) is 44.5 Å². The van der Waals surface area contributed by atoms with Crippen molar-refractivity contribution in [2.24, 2.45) is 7.05 Å². The van der Waals surface area contributed by atoms with Gasteiger partial charge in [0.2, 0.25) is 0 Å². The number of benzene rings is 1. The van der Waals surface area contributed by atoms with Crippen molar-refractivity contribution >= 4 is 0 Å². The van der Waals surface area contributed by atoms with Crippen molar-refractivity contribution in [1.82, 2.24) is 19.7 Å². The van der Waals surface area contributed by atoms with Crippen molar-refractivity contribution in [1.29, 1.82) is 0 Å². The SMILES string of the molecule is COc1ccc([C@](C)(O)[C@@H]2CCCN2Cc2nnc(C3CC3)n2C)cc1. The standard InChI is InChI=1S/C20H28N4O2/c1-20(25,15-8-10-16(26-3)11-9-15)17-5-4-12-24(17)13-18-21-22-19(23(18)2)14-6-7-14/h8-11,14,17,25H,4-7,12-13H2,1-3H3/t17-,20-/m0/s1. The number of nitrogens with zero attached hydrogens (tertiary/aromatic N) is 4. The molecule has 1 aromatic carbocycles. The van der Waals surface area contributed by atoms with Crippen LogP contribution in [0.3, 0.4) is 0 Å². The van der Waals surface area contributed by atoms with Crippen LogP contribution in [0.15, 0.2) is 24.3 Å². The molecule has 2 aromatic rings. The first-order valence-corrected chi connectivity index (χ1v) is 9.50. The zero-order chi connectivity index (χ0) is 18.3. The predicted molar refractivity (Wildman–Crippen MR) is 99.0 cm³/mol. The third kappa shape index (κ3) is 3.12. The summed E-state index contributed by atoms with van der Waals surface area (Å²) in [4.78, 5) is 2.35. The van der Waals surface area contributed by atoms with Gasteiger partial charge < -0.3 is 14.4 Å². The lowest BCUT2D eigenvalue weighted by Crippen LogP contribution is -2.45. The van der Waals surface area contributed by atoms with Gasteiger partial charge in [0.25, 0.3) is 0 Å². The molecule has 1 aliphatic heterocycles. The second-order valence-corrected chi connectivity index (χ2v) is 7.81. The summed E-state index contributed by atoms with van der Waals surface area (Å²) in [6.45, 7) is 3.62. The van der Waals surface area contributed by atoms with E-state index in [0.29, 0.717) is 5.92 Å². The van der Waals surface area contributed by atoms with E-state index in [1.165, 1.54) is 12.8 Å². The fourth-order valence-corrected chi connectivity index (χ4v) is 4.16. The maximum atomic E-state index is 11.3. The highest BCUT2D eigenvalue weighted by Crippen LogP contribution is 2.39. The highest BCUT2D eigenvalue weighted by Gasteiger charge is 2.41. The molecule has 1 saturated heterocycles. The number of hydrogen-bond donors (Lipinski definition) is 1. The molecule has 2 heterocycles. The molecule has 1 aromatic heterocycles. The van der Waals surface area contributed by atoms with Gasteiger partial charge in [0, 0.05) is 19.0 Å². The second kappa shape index (κ2) is 6.67. The lowest BCUT2D eigenvalue weighted by Gasteiger charge is -2.36. The van der Waals surface area contributed by atoms with E-state index in [2.05, 4.69) is 26.7 Å². The Kier molecular flexibility index (Phi) is 4.49. The van der Waals surface area contributed by atoms with Gasteiger partial charge in [-0.2, -0.15) is 0 Å². The Morgan fingerprint density at radius 3 is 2.58 bits per heavy atom. The number of methoxy groups -OCH3 is 1. The number of ether oxygens (including phenoxy) is 1. The van der Waals surface area contributed by atoms with Crippen LogP contribution in [0.25, 0.3) is 0 Å². The Bertz CT molecular complexity index is 765. The van der Waals surface area contributed by atoms with Gasteiger partial charge in [-0.25, -0.2) is 0 Å². The summed E-state index contributed by atoms with van der Waals surface area (Å²) >= 11 is 0. The lowest BCUT2D eigenvalue weighted by atomic mass is 9.86. The summed E-state index contributed by atoms with van der Waals surface area (Å²) in [5.41, 5.74) is 0.00701. The smallest absolute Gasteiger partial charge is 0.146 e. The first-order chi connectivity index (χ1) is 12.5. The summed E-state index contributed by atoms with van der Waals surface area (Å²) in [6, 6.07) is 7.81. The summed E-state index contributed by atoms with van der Waals surface area (Å²) in [5, 5.41) is 20.2. The van der Waals surface area contributed by atoms with Gasteiger partial charge >= 0.3 is 0 Å². The van der Waals surface area contributed by atoms with Gasteiger partial charge in [0.05, 0.1) is 13.7 Å². The van der Waals surface area contributed by atoms with E-state index >= 15 is 0 Å². The molecule has 0 radical (unpaired) electrons. The molecule has 26 heavy (non-hydrogen) atoms. The summed E-state index contributed by atoms with van der Waals surface area (Å²) in [6.07, 6.45) is 4.52. The molecule has 2 fully saturated rings. The first-order valence-electron chi connectivity index (χ1n) is 9.50. The van der Waals surface area contributed by atoms with Crippen LogP contribution in [0.2, 0.25) is 0 Å². The summed E-state index contributed by atoms with van der Waals surface area (Å²) in [5.74, 6) is 3.50. The van der Waals surface area contributed by atoms with Crippen LogP contribution >= 0.6 is 0 Å². The van der Waals surface area contributed by atoms with E-state index in [1.54, 1.807) is 7.11 Å². The van der Waals surface area contributed by atoms with Crippen LogP contribution in [0.1, 0.15) is 55.7 Å². The molecule has 4 rings (SSSR count). The van der Waals surface area contributed by atoms with Crippen LogP contribution in [0.5, 0.6) is 5.75 Å². The Labute approximate surface area is 154 Å². The van der Waals surface area contributed by atoms with Crippen molar-refractivity contribution in [3.8, 4) is 5.75 Å². The molecule has 140 valence electrons. The third-order valence-electron chi connectivity index (χ3n) is 5.97. The van der Waals surface area contributed by atoms with Gasteiger partial charge in [-0.15, -0.1) is 10.2 Å². The van der Waals surface area contributed by atoms with E-state index < -0.39 is 5.60 Å². The maximum Gasteiger partial charge on any atom is 0.146 e. The van der Waals surface area contributed by atoms with Gasteiger partial charge in [0.15, 0.2) is 0 Å². The van der Waals surface area contributed by atoms with Gasteiger partial charge in [0.1, 0.15) is 23.0 Å². The third-order valence-corrected chi connectivity index (χ3v) is 5.97. The van der Waals surface area contributed by atoms with Crippen molar-refractivity contribution in [2.75, 3.05) is 13.7 Å². The summed E-state index contributed by atoms with van der Waals surface area (Å²) < 4.78 is 7.39. The average molecular weight is 356 g/mol. The maximum absolute atomic E-state index is 11.3. The molecule has 1 saturated carbocycles. The van der Waals surface area contributed by atoms with Gasteiger partial charge in [-0.1, -0.05) is 12.1 Å². The van der Waals surface area contributed by atoms with Crippen molar-refractivity contribution in [2.45, 2.75) is 56.7 Å². The highest BCUT2D eigenvalue weighted by molar-refractivity contribution is 5.31. The number of hydrogen-bond acceptors (Lipinski definition) is 5. The van der Waals surface area contributed by atoms with Crippen LogP contribution in [0, 0.1) is 0 Å². The quantitative estimate of drug-likeness (QED) is 0.862. The predicted octanol–water partition coefficient (Wildman–Crippen LogP) is 2.57. The molecule has 0 amide bonds. The number of likely N-dealkylation sites (tertiary alicyclic amines) is 1. The molecule has 0 bridgehead atoms. The number of aromatic nitrogens is 3. The molecule has 6 heteroatoms. The molecule has 0 unspecified atom stereocenters. The Hall–Kier alpha value is -1.92. The fraction of sp³-hybridized carbons (Fsp3) is 0.600. The van der Waals surface area contributed by atoms with Gasteiger partial charge in [-0.3, -0.25) is 4.90 Å². The Morgan fingerprint density at radius 2 is 1.92 bits per heavy atom. The van der Waals surface area contributed by atoms with E-state index in [4.69, 9.17) is 4.74 Å². The zero-order valence-corrected chi connectivity index (χ0v) is 15.9. The zero-order valence-electron chi connectivity index (χ0n) is 15.9. The minimum absolute atomic E-state index is 0.0666. The largest absolute Gasteiger partial charge is 0.497 e. The van der Waals surface area contributed by atoms with Crippen molar-refractivity contribution < 1.29 is 9.84 Å². The molecular weight excluding hydrogens is 328 g/mol. The minimum Gasteiger partial charge on any atom is -0.497 e. The van der Waals surface area contributed by atoms with Crippen molar-refractivity contribution in [3.63, 3.8) is 0 Å². The molecule has 1 aliphatic carbocycles. The molecule has 0 spiro atoms. The number of aliphatic hydroxyl groups is 1. The highest BCUT2D eigenvalue weighted by atomic mass is 16.5. The van der Waals surface area contributed by atoms with Crippen LogP contribution < -0.4 is 4.74 Å². The second-order valence-electron chi connectivity index (χ2n) is 7.81. The Balaban J connectivity index is 1.53. The lowest BCUT2D eigenvalue weighted by molar-refractivity contribution is -0.0263. The van der Waals surface area contributed by atoms with E-state index in [-0.39, 0.29) is 6.04 Å². The molecule has 1 N–H and O–H groups in total. The molecule has 2 aliphatic rings. The van der Waals surface area contributed by atoms with Crippen LogP contribution in [0.4, 0.5) is 0 Å². The normalized spacial score (nSPS) is 23.2. The monoisotopic (exact) mass is 356 g/mol. The molecular formula is C20H28N4O2. The molecule has 2 atom stereocenters. The molecule has 6 nitrogen and oxygen atoms in total. The van der Waals surface area contributed by atoms with E-state index in [1.807, 2.05) is 31.2 Å². The Morgan fingerprint density at radius 1 is 1.19 bits per heavy atom. The summed E-state index contributed by atoms with van der Waals surface area (Å²) in [7, 11) is 3.72. The van der Waals surface area contributed by atoms with E-state index in [0.717, 1.165) is 48.9 Å². The fourth-order valence-electron chi connectivity index (χ4n) is 4.16. The van der Waals surface area contributed by atoms with Gasteiger partial charge in [-0.05, 0) is 56.8 Å². The number of rotatable bonds is 6. The minimum atomic E-state index is -0.916. The first kappa shape index (κ1) is 17.5. The average Bonchev–Trinajstić information content (AvgIpc) is 3.26. The van der Waals surface area contributed by atoms with E-state index in [9.17, 15) is 5.11 Å². The topological polar surface area (TPSA) is 63.4 Å². The van der Waals surface area contributed by atoms with Crippen LogP contribution in [-0.2, 0) is 19.2 Å².